The quantitative estimate of drug-likeness (QED) is 0.629. The van der Waals surface area contributed by atoms with Crippen molar-refractivity contribution < 1.29 is 23.8 Å². The number of rotatable bonds is 9. The summed E-state index contributed by atoms with van der Waals surface area (Å²) in [6, 6.07) is 9.32. The third kappa shape index (κ3) is 4.43. The molecule has 2 amide bonds. The molecule has 0 saturated heterocycles. The Morgan fingerprint density at radius 3 is 2.70 bits per heavy atom. The van der Waals surface area contributed by atoms with E-state index in [4.69, 9.17) is 14.2 Å². The molecule has 0 atom stereocenters. The van der Waals surface area contributed by atoms with E-state index in [0.29, 0.717) is 36.8 Å². The topological polar surface area (TPSA) is 73.2 Å². The molecule has 0 radical (unpaired) electrons. The van der Waals surface area contributed by atoms with Gasteiger partial charge in [-0.3, -0.25) is 9.59 Å². The summed E-state index contributed by atoms with van der Waals surface area (Å²) in [5.41, 5.74) is 1.53. The number of methoxy groups -OCH3 is 1. The Bertz CT molecular complexity index is 921. The van der Waals surface area contributed by atoms with Crippen molar-refractivity contribution in [2.75, 3.05) is 33.6 Å². The number of aromatic nitrogens is 1. The maximum atomic E-state index is 13.2. The highest BCUT2D eigenvalue weighted by molar-refractivity contribution is 5.97. The van der Waals surface area contributed by atoms with Crippen LogP contribution in [0.2, 0.25) is 0 Å². The second-order valence-corrected chi connectivity index (χ2v) is 7.65. The number of hydrogen-bond acceptors (Lipinski definition) is 5. The summed E-state index contributed by atoms with van der Waals surface area (Å²) in [5, 5.41) is 0. The van der Waals surface area contributed by atoms with Crippen LogP contribution in [0.1, 0.15) is 28.9 Å². The van der Waals surface area contributed by atoms with Crippen LogP contribution < -0.4 is 9.47 Å². The van der Waals surface area contributed by atoms with E-state index in [1.165, 1.54) is 0 Å². The van der Waals surface area contributed by atoms with Crippen molar-refractivity contribution in [3.8, 4) is 11.5 Å². The number of carbonyl (C=O) groups is 2. The summed E-state index contributed by atoms with van der Waals surface area (Å²) in [6.45, 7) is 1.39. The fourth-order valence-corrected chi connectivity index (χ4v) is 3.56. The average molecular weight is 413 g/mol. The Kier molecular flexibility index (Phi) is 5.94. The van der Waals surface area contributed by atoms with Gasteiger partial charge in [0.25, 0.3) is 5.91 Å². The van der Waals surface area contributed by atoms with Crippen LogP contribution in [0.5, 0.6) is 11.5 Å². The van der Waals surface area contributed by atoms with Gasteiger partial charge in [0, 0.05) is 44.2 Å². The first-order chi connectivity index (χ1) is 14.6. The first kappa shape index (κ1) is 20.3. The average Bonchev–Trinajstić information content (AvgIpc) is 3.33. The van der Waals surface area contributed by atoms with Crippen molar-refractivity contribution in [1.29, 1.82) is 0 Å². The molecule has 160 valence electrons. The molecule has 0 bridgehead atoms. The highest BCUT2D eigenvalue weighted by Crippen LogP contribution is 2.33. The zero-order valence-electron chi connectivity index (χ0n) is 17.4. The Morgan fingerprint density at radius 2 is 2.00 bits per heavy atom. The highest BCUT2D eigenvalue weighted by atomic mass is 16.7. The van der Waals surface area contributed by atoms with E-state index in [9.17, 15) is 9.59 Å². The van der Waals surface area contributed by atoms with E-state index in [1.807, 2.05) is 34.8 Å². The van der Waals surface area contributed by atoms with Crippen molar-refractivity contribution in [3.05, 3.63) is 47.8 Å². The zero-order chi connectivity index (χ0) is 21.1. The summed E-state index contributed by atoms with van der Waals surface area (Å²) in [6.07, 6.45) is 3.98. The molecule has 1 aliphatic carbocycles. The van der Waals surface area contributed by atoms with Gasteiger partial charge < -0.3 is 28.6 Å². The van der Waals surface area contributed by atoms with Gasteiger partial charge >= 0.3 is 0 Å². The molecule has 4 rings (SSSR count). The molecule has 2 aromatic rings. The molecule has 1 aromatic heterocycles. The molecule has 2 heterocycles. The molecule has 0 spiro atoms. The predicted octanol–water partition coefficient (Wildman–Crippen LogP) is 2.03. The van der Waals surface area contributed by atoms with Crippen LogP contribution in [0.3, 0.4) is 0 Å². The molecule has 0 N–H and O–H groups in total. The first-order valence-electron chi connectivity index (χ1n) is 10.1. The molecule has 1 saturated carbocycles. The largest absolute Gasteiger partial charge is 0.454 e. The van der Waals surface area contributed by atoms with Crippen LogP contribution in [-0.2, 0) is 23.1 Å². The number of benzene rings is 1. The van der Waals surface area contributed by atoms with E-state index < -0.39 is 0 Å². The van der Waals surface area contributed by atoms with E-state index in [0.717, 1.165) is 18.5 Å². The van der Waals surface area contributed by atoms with Crippen molar-refractivity contribution in [1.82, 2.24) is 14.4 Å². The molecule has 1 fully saturated rings. The summed E-state index contributed by atoms with van der Waals surface area (Å²) in [4.78, 5) is 29.8. The molecular weight excluding hydrogens is 386 g/mol. The first-order valence-corrected chi connectivity index (χ1v) is 10.1. The lowest BCUT2D eigenvalue weighted by Gasteiger charge is -2.28. The number of carbonyl (C=O) groups excluding carboxylic acids is 2. The Hall–Kier alpha value is -3.00. The van der Waals surface area contributed by atoms with E-state index in [2.05, 4.69) is 0 Å². The molecule has 1 aromatic carbocycles. The Morgan fingerprint density at radius 1 is 1.20 bits per heavy atom. The van der Waals surface area contributed by atoms with Crippen molar-refractivity contribution in [2.45, 2.75) is 25.4 Å². The molecule has 0 unspecified atom stereocenters. The molecule has 8 heteroatoms. The van der Waals surface area contributed by atoms with Gasteiger partial charge in [-0.05, 0) is 43.2 Å². The van der Waals surface area contributed by atoms with Crippen LogP contribution in [0.15, 0.2) is 36.5 Å². The molecule has 8 nitrogen and oxygen atoms in total. The van der Waals surface area contributed by atoms with E-state index >= 15 is 0 Å². The number of ether oxygens (including phenoxy) is 3. The second-order valence-electron chi connectivity index (χ2n) is 7.65. The van der Waals surface area contributed by atoms with Gasteiger partial charge in [0.2, 0.25) is 12.7 Å². The Labute approximate surface area is 175 Å². The third-order valence-corrected chi connectivity index (χ3v) is 5.49. The maximum Gasteiger partial charge on any atom is 0.254 e. The van der Waals surface area contributed by atoms with Gasteiger partial charge in [0.05, 0.1) is 13.2 Å². The van der Waals surface area contributed by atoms with Crippen molar-refractivity contribution in [2.24, 2.45) is 7.05 Å². The van der Waals surface area contributed by atoms with Crippen LogP contribution in [0.4, 0.5) is 0 Å². The maximum absolute atomic E-state index is 13.2. The molecular formula is C22H27N3O5. The second kappa shape index (κ2) is 8.79. The lowest BCUT2D eigenvalue weighted by Crippen LogP contribution is -2.44. The minimum Gasteiger partial charge on any atom is -0.454 e. The SMILES string of the molecule is COCCN(CC(=O)N(Cc1cccn1C)C1CC1)C(=O)c1ccc2c(c1)OCO2. The van der Waals surface area contributed by atoms with Gasteiger partial charge in [0.15, 0.2) is 11.5 Å². The number of fused-ring (bicyclic) bond motifs is 1. The summed E-state index contributed by atoms with van der Waals surface area (Å²) in [7, 11) is 3.55. The zero-order valence-corrected chi connectivity index (χ0v) is 17.4. The van der Waals surface area contributed by atoms with Crippen LogP contribution in [0.25, 0.3) is 0 Å². The fraction of sp³-hybridized carbons (Fsp3) is 0.455. The number of amides is 2. The summed E-state index contributed by atoms with van der Waals surface area (Å²) < 4.78 is 17.9. The molecule has 2 aliphatic rings. The number of nitrogens with zero attached hydrogens (tertiary/aromatic N) is 3. The normalized spacial score (nSPS) is 14.6. The van der Waals surface area contributed by atoms with E-state index in [-0.39, 0.29) is 31.2 Å². The van der Waals surface area contributed by atoms with Gasteiger partial charge in [-0.15, -0.1) is 0 Å². The standard InChI is InChI=1S/C22H27N3O5/c1-23-9-3-4-18(23)13-25(17-6-7-17)21(26)14-24(10-11-28-2)22(27)16-5-8-19-20(12-16)30-15-29-19/h3-5,8-9,12,17H,6-7,10-11,13-15H2,1-2H3. The van der Waals surface area contributed by atoms with Gasteiger partial charge in [-0.2, -0.15) is 0 Å². The molecule has 30 heavy (non-hydrogen) atoms. The lowest BCUT2D eigenvalue weighted by atomic mass is 10.1. The Balaban J connectivity index is 1.49. The predicted molar refractivity (Wildman–Crippen MR) is 109 cm³/mol. The smallest absolute Gasteiger partial charge is 0.254 e. The van der Waals surface area contributed by atoms with Crippen molar-refractivity contribution >= 4 is 11.8 Å². The minimum absolute atomic E-state index is 0.0115. The summed E-state index contributed by atoms with van der Waals surface area (Å²) >= 11 is 0. The third-order valence-electron chi connectivity index (χ3n) is 5.49. The van der Waals surface area contributed by atoms with Crippen molar-refractivity contribution in [3.63, 3.8) is 0 Å². The van der Waals surface area contributed by atoms with Crippen LogP contribution in [-0.4, -0.2) is 65.8 Å². The molecule has 1 aliphatic heterocycles. The number of aryl methyl sites for hydroxylation is 1. The van der Waals surface area contributed by atoms with E-state index in [1.54, 1.807) is 30.2 Å². The van der Waals surface area contributed by atoms with Crippen LogP contribution >= 0.6 is 0 Å². The summed E-state index contributed by atoms with van der Waals surface area (Å²) in [5.74, 6) is 0.882. The van der Waals surface area contributed by atoms with Crippen LogP contribution in [0, 0.1) is 0 Å². The fourth-order valence-electron chi connectivity index (χ4n) is 3.56. The lowest BCUT2D eigenvalue weighted by molar-refractivity contribution is -0.133. The van der Waals surface area contributed by atoms with Gasteiger partial charge in [-0.25, -0.2) is 0 Å². The van der Waals surface area contributed by atoms with Gasteiger partial charge in [0.1, 0.15) is 6.54 Å². The minimum atomic E-state index is -0.228. The number of hydrogen-bond donors (Lipinski definition) is 0. The highest BCUT2D eigenvalue weighted by Gasteiger charge is 2.34. The monoisotopic (exact) mass is 413 g/mol. The van der Waals surface area contributed by atoms with Gasteiger partial charge in [-0.1, -0.05) is 0 Å².